The van der Waals surface area contributed by atoms with Crippen LogP contribution >= 0.6 is 11.3 Å². The summed E-state index contributed by atoms with van der Waals surface area (Å²) in [7, 11) is 0. The van der Waals surface area contributed by atoms with Crippen LogP contribution in [0.5, 0.6) is 5.75 Å². The lowest BCUT2D eigenvalue weighted by Crippen LogP contribution is -2.00. The number of pyridine rings is 1. The zero-order valence-electron chi connectivity index (χ0n) is 12.8. The summed E-state index contributed by atoms with van der Waals surface area (Å²) in [5, 5.41) is 14.7. The largest absolute Gasteiger partial charge is 0.508 e. The van der Waals surface area contributed by atoms with E-state index in [-0.39, 0.29) is 5.75 Å². The van der Waals surface area contributed by atoms with Crippen molar-refractivity contribution < 1.29 is 5.11 Å². The van der Waals surface area contributed by atoms with Crippen LogP contribution in [0.25, 0.3) is 10.6 Å². The molecular formula is C17H16N4OS. The molecule has 5 nitrogen and oxygen atoms in total. The Morgan fingerprint density at radius 3 is 2.65 bits per heavy atom. The lowest BCUT2D eigenvalue weighted by Gasteiger charge is -2.01. The number of aryl methyl sites for hydroxylation is 1. The maximum Gasteiger partial charge on any atom is 0.146 e. The van der Waals surface area contributed by atoms with E-state index < -0.39 is 0 Å². The number of hydrazone groups is 1. The summed E-state index contributed by atoms with van der Waals surface area (Å²) < 4.78 is 0. The first-order chi connectivity index (χ1) is 11.1. The fourth-order valence-electron chi connectivity index (χ4n) is 2.08. The van der Waals surface area contributed by atoms with Gasteiger partial charge in [-0.2, -0.15) is 5.10 Å². The van der Waals surface area contributed by atoms with Crippen molar-refractivity contribution in [3.8, 4) is 16.3 Å². The van der Waals surface area contributed by atoms with Gasteiger partial charge in [0, 0.05) is 11.8 Å². The van der Waals surface area contributed by atoms with E-state index >= 15 is 0 Å². The van der Waals surface area contributed by atoms with Crippen molar-refractivity contribution in [3.05, 3.63) is 59.2 Å². The van der Waals surface area contributed by atoms with E-state index in [1.54, 1.807) is 29.7 Å². The lowest BCUT2D eigenvalue weighted by molar-refractivity contribution is 0.475. The molecule has 2 heterocycles. The van der Waals surface area contributed by atoms with Crippen LogP contribution < -0.4 is 5.43 Å². The molecule has 116 valence electrons. The van der Waals surface area contributed by atoms with E-state index in [0.717, 1.165) is 26.9 Å². The number of anilines is 1. The number of benzene rings is 1. The molecule has 0 saturated heterocycles. The van der Waals surface area contributed by atoms with Crippen LogP contribution in [0.1, 0.15) is 17.5 Å². The van der Waals surface area contributed by atoms with Crippen molar-refractivity contribution in [3.63, 3.8) is 0 Å². The third kappa shape index (κ3) is 3.54. The van der Waals surface area contributed by atoms with Crippen molar-refractivity contribution in [1.29, 1.82) is 0 Å². The molecule has 0 atom stereocenters. The second-order valence-electron chi connectivity index (χ2n) is 5.00. The summed E-state index contributed by atoms with van der Waals surface area (Å²) in [5.74, 6) is 0.951. The Kier molecular flexibility index (Phi) is 4.34. The van der Waals surface area contributed by atoms with Crippen LogP contribution in [0.4, 0.5) is 5.82 Å². The molecule has 0 saturated carbocycles. The van der Waals surface area contributed by atoms with Gasteiger partial charge in [-0.1, -0.05) is 6.07 Å². The van der Waals surface area contributed by atoms with Crippen molar-refractivity contribution in [1.82, 2.24) is 9.97 Å². The fourth-order valence-corrected chi connectivity index (χ4v) is 3.10. The second-order valence-corrected chi connectivity index (χ2v) is 6.00. The van der Waals surface area contributed by atoms with E-state index in [0.29, 0.717) is 5.82 Å². The van der Waals surface area contributed by atoms with Gasteiger partial charge >= 0.3 is 0 Å². The Morgan fingerprint density at radius 2 is 1.96 bits per heavy atom. The van der Waals surface area contributed by atoms with Gasteiger partial charge in [0.15, 0.2) is 0 Å². The first-order valence-corrected chi connectivity index (χ1v) is 7.93. The molecule has 0 aliphatic carbocycles. The maximum absolute atomic E-state index is 9.38. The topological polar surface area (TPSA) is 70.4 Å². The third-order valence-electron chi connectivity index (χ3n) is 3.24. The predicted octanol–water partition coefficient (Wildman–Crippen LogP) is 4.06. The highest BCUT2D eigenvalue weighted by Gasteiger charge is 2.12. The smallest absolute Gasteiger partial charge is 0.146 e. The molecule has 0 fully saturated rings. The fraction of sp³-hybridized carbons (Fsp3) is 0.118. The average molecular weight is 324 g/mol. The molecule has 2 N–H and O–H groups in total. The van der Waals surface area contributed by atoms with E-state index in [1.165, 1.54) is 0 Å². The minimum Gasteiger partial charge on any atom is -0.508 e. The molecule has 0 radical (unpaired) electrons. The van der Waals surface area contributed by atoms with Crippen LogP contribution in [0.2, 0.25) is 0 Å². The zero-order chi connectivity index (χ0) is 16.2. The van der Waals surface area contributed by atoms with Gasteiger partial charge in [-0.05, 0) is 50.2 Å². The van der Waals surface area contributed by atoms with Gasteiger partial charge in [-0.3, -0.25) is 5.43 Å². The number of hydrogen-bond donors (Lipinski definition) is 2. The monoisotopic (exact) mass is 324 g/mol. The summed E-state index contributed by atoms with van der Waals surface area (Å²) in [6.45, 7) is 3.91. The van der Waals surface area contributed by atoms with Crippen molar-refractivity contribution >= 4 is 22.9 Å². The normalized spacial score (nSPS) is 11.5. The van der Waals surface area contributed by atoms with Gasteiger partial charge in [-0.25, -0.2) is 9.97 Å². The molecule has 1 aromatic carbocycles. The van der Waals surface area contributed by atoms with Crippen molar-refractivity contribution in [2.75, 3.05) is 5.43 Å². The van der Waals surface area contributed by atoms with Crippen LogP contribution in [0.3, 0.4) is 0 Å². The van der Waals surface area contributed by atoms with E-state index in [4.69, 9.17) is 0 Å². The highest BCUT2D eigenvalue weighted by Crippen LogP contribution is 2.29. The number of aromatic hydroxyl groups is 1. The van der Waals surface area contributed by atoms with Gasteiger partial charge in [0.05, 0.1) is 16.3 Å². The molecule has 3 rings (SSSR count). The molecular weight excluding hydrogens is 308 g/mol. The number of rotatable bonds is 4. The number of phenols is 1. The first kappa shape index (κ1) is 15.2. The van der Waals surface area contributed by atoms with Gasteiger partial charge < -0.3 is 5.11 Å². The maximum atomic E-state index is 9.38. The molecule has 3 aromatic rings. The molecule has 0 aliphatic rings. The van der Waals surface area contributed by atoms with Crippen LogP contribution in [0.15, 0.2) is 53.8 Å². The van der Waals surface area contributed by atoms with E-state index in [1.807, 2.05) is 44.2 Å². The highest BCUT2D eigenvalue weighted by atomic mass is 32.1. The standard InChI is InChI=1S/C17H16N4OS/c1-11-16(12(2)20-21-15-5-3-4-10-18-15)23-17(19-11)13-6-8-14(22)9-7-13/h3-10,22H,1-2H3,(H,18,21)/b20-12+. The average Bonchev–Trinajstić information content (AvgIpc) is 2.96. The quantitative estimate of drug-likeness (QED) is 0.561. The Bertz CT molecular complexity index is 826. The van der Waals surface area contributed by atoms with E-state index in [9.17, 15) is 5.11 Å². The summed E-state index contributed by atoms with van der Waals surface area (Å²) in [6, 6.07) is 12.7. The molecule has 0 spiro atoms. The lowest BCUT2D eigenvalue weighted by atomic mass is 10.2. The molecule has 0 unspecified atom stereocenters. The number of hydrogen-bond acceptors (Lipinski definition) is 6. The van der Waals surface area contributed by atoms with Crippen molar-refractivity contribution in [2.45, 2.75) is 13.8 Å². The zero-order valence-corrected chi connectivity index (χ0v) is 13.6. The molecule has 0 aliphatic heterocycles. The molecule has 23 heavy (non-hydrogen) atoms. The van der Waals surface area contributed by atoms with Gasteiger partial charge in [0.25, 0.3) is 0 Å². The Hall–Kier alpha value is -2.73. The Morgan fingerprint density at radius 1 is 1.17 bits per heavy atom. The highest BCUT2D eigenvalue weighted by molar-refractivity contribution is 7.17. The Labute approximate surface area is 138 Å². The summed E-state index contributed by atoms with van der Waals surface area (Å²) in [6.07, 6.45) is 1.72. The second kappa shape index (κ2) is 6.58. The van der Waals surface area contributed by atoms with Crippen LogP contribution in [-0.2, 0) is 0 Å². The Balaban J connectivity index is 1.84. The number of nitrogens with zero attached hydrogens (tertiary/aromatic N) is 3. The number of aromatic nitrogens is 2. The number of thiazole rings is 1. The van der Waals surface area contributed by atoms with Crippen molar-refractivity contribution in [2.24, 2.45) is 5.10 Å². The van der Waals surface area contributed by atoms with Gasteiger partial charge in [0.2, 0.25) is 0 Å². The molecule has 2 aromatic heterocycles. The summed E-state index contributed by atoms with van der Waals surface area (Å²) in [4.78, 5) is 9.80. The minimum absolute atomic E-state index is 0.250. The molecule has 0 bridgehead atoms. The van der Waals surface area contributed by atoms with Gasteiger partial charge in [0.1, 0.15) is 16.6 Å². The molecule has 6 heteroatoms. The van der Waals surface area contributed by atoms with Crippen LogP contribution in [0, 0.1) is 6.92 Å². The minimum atomic E-state index is 0.250. The first-order valence-electron chi connectivity index (χ1n) is 7.12. The van der Waals surface area contributed by atoms with Gasteiger partial charge in [-0.15, -0.1) is 11.3 Å². The van der Waals surface area contributed by atoms with Crippen LogP contribution in [-0.4, -0.2) is 20.8 Å². The summed E-state index contributed by atoms with van der Waals surface area (Å²) in [5.41, 5.74) is 5.72. The van der Waals surface area contributed by atoms with E-state index in [2.05, 4.69) is 20.5 Å². The molecule has 0 amide bonds. The summed E-state index contributed by atoms with van der Waals surface area (Å²) >= 11 is 1.58. The third-order valence-corrected chi connectivity index (χ3v) is 4.56. The number of phenolic OH excluding ortho intramolecular Hbond substituents is 1. The number of nitrogens with one attached hydrogen (secondary N) is 1. The predicted molar refractivity (Wildman–Crippen MR) is 94.0 cm³/mol. The SMILES string of the molecule is C/C(=N\Nc1ccccn1)c1sc(-c2ccc(O)cc2)nc1C.